The number of aromatic amines is 1. The molecule has 1 aromatic carbocycles. The molecule has 1 N–H and O–H groups in total. The van der Waals surface area contributed by atoms with Crippen molar-refractivity contribution in [3.8, 4) is 23.3 Å². The van der Waals surface area contributed by atoms with E-state index in [2.05, 4.69) is 10.2 Å². The Kier molecular flexibility index (Phi) is 4.39. The monoisotopic (exact) mass is 367 g/mol. The van der Waals surface area contributed by atoms with E-state index in [1.54, 1.807) is 22.9 Å². The summed E-state index contributed by atoms with van der Waals surface area (Å²) < 4.78 is 52.4. The molecule has 0 aliphatic carbocycles. The number of hydrogen-bond donors (Lipinski definition) is 1. The van der Waals surface area contributed by atoms with E-state index in [1.165, 1.54) is 7.05 Å². The first kappa shape index (κ1) is 17.8. The fourth-order valence-corrected chi connectivity index (χ4v) is 2.56. The number of alkyl halides is 3. The molecule has 3 rings (SSSR count). The highest BCUT2D eigenvalue weighted by atomic mass is 19.4. The molecule has 0 fully saturated rings. The van der Waals surface area contributed by atoms with Crippen molar-refractivity contribution in [2.75, 3.05) is 0 Å². The van der Waals surface area contributed by atoms with Crippen LogP contribution in [0.15, 0.2) is 30.3 Å². The lowest BCUT2D eigenvalue weighted by molar-refractivity contribution is -0.730. The molecule has 0 atom stereocenters. The van der Waals surface area contributed by atoms with Crippen molar-refractivity contribution in [3.63, 3.8) is 0 Å². The maximum atomic E-state index is 12.9. The highest BCUT2D eigenvalue weighted by Crippen LogP contribution is 2.33. The first-order valence-corrected chi connectivity index (χ1v) is 7.76. The number of benzene rings is 1. The Hall–Kier alpha value is -2.97. The SMILES string of the molecule is Cc1cc(Oc2cc(C(F)(F)F)n(C)n2)cc(Oc2cc(C)[nH][n+]2C)c1. The standard InChI is InChI=1S/C17H17F3N4O2/c1-10-5-12(25-15-9-14(17(18,19)20)23(3)22-15)8-13(6-10)26-16-7-11(2)21-24(16)4/h5-9H,1-4H3/p+1. The maximum Gasteiger partial charge on any atom is 0.433 e. The maximum absolute atomic E-state index is 12.9. The highest BCUT2D eigenvalue weighted by molar-refractivity contribution is 5.40. The van der Waals surface area contributed by atoms with Crippen LogP contribution in [0, 0.1) is 13.8 Å². The van der Waals surface area contributed by atoms with Crippen LogP contribution in [0.25, 0.3) is 0 Å². The summed E-state index contributed by atoms with van der Waals surface area (Å²) in [5, 5.41) is 6.82. The zero-order chi connectivity index (χ0) is 19.1. The molecule has 0 saturated carbocycles. The van der Waals surface area contributed by atoms with Gasteiger partial charge in [-0.3, -0.25) is 4.68 Å². The summed E-state index contributed by atoms with van der Waals surface area (Å²) in [6.45, 7) is 3.73. The normalized spacial score (nSPS) is 11.7. The lowest BCUT2D eigenvalue weighted by atomic mass is 10.2. The number of aromatic nitrogens is 4. The first-order valence-electron chi connectivity index (χ1n) is 7.76. The third-order valence-electron chi connectivity index (χ3n) is 3.63. The van der Waals surface area contributed by atoms with Gasteiger partial charge in [-0.1, -0.05) is 4.68 Å². The van der Waals surface area contributed by atoms with Crippen LogP contribution in [0.2, 0.25) is 0 Å². The van der Waals surface area contributed by atoms with E-state index < -0.39 is 11.9 Å². The van der Waals surface area contributed by atoms with Gasteiger partial charge in [0.2, 0.25) is 5.88 Å². The van der Waals surface area contributed by atoms with Gasteiger partial charge < -0.3 is 9.47 Å². The second kappa shape index (κ2) is 6.40. The molecule has 0 aliphatic rings. The Labute approximate surface area is 147 Å². The zero-order valence-corrected chi connectivity index (χ0v) is 14.7. The summed E-state index contributed by atoms with van der Waals surface area (Å²) in [6, 6.07) is 7.78. The van der Waals surface area contributed by atoms with Gasteiger partial charge in [0.25, 0.3) is 0 Å². The van der Waals surface area contributed by atoms with Crippen LogP contribution < -0.4 is 14.2 Å². The van der Waals surface area contributed by atoms with Gasteiger partial charge in [0.05, 0.1) is 11.8 Å². The fourth-order valence-electron chi connectivity index (χ4n) is 2.56. The number of rotatable bonds is 4. The molecule has 0 amide bonds. The van der Waals surface area contributed by atoms with Crippen LogP contribution in [0.5, 0.6) is 23.3 Å². The van der Waals surface area contributed by atoms with E-state index in [0.717, 1.165) is 22.0 Å². The van der Waals surface area contributed by atoms with Gasteiger partial charge in [0.1, 0.15) is 17.2 Å². The second-order valence-corrected chi connectivity index (χ2v) is 6.01. The lowest BCUT2D eigenvalue weighted by Crippen LogP contribution is -2.31. The van der Waals surface area contributed by atoms with E-state index in [4.69, 9.17) is 9.47 Å². The summed E-state index contributed by atoms with van der Waals surface area (Å²) in [5.41, 5.74) is 0.880. The van der Waals surface area contributed by atoms with Crippen molar-refractivity contribution in [1.82, 2.24) is 14.9 Å². The molecular weight excluding hydrogens is 349 g/mol. The first-order chi connectivity index (χ1) is 12.1. The highest BCUT2D eigenvalue weighted by Gasteiger charge is 2.35. The molecule has 2 aromatic heterocycles. The molecule has 6 nitrogen and oxygen atoms in total. The quantitative estimate of drug-likeness (QED) is 0.714. The topological polar surface area (TPSA) is 56.0 Å². The second-order valence-electron chi connectivity index (χ2n) is 6.01. The van der Waals surface area contributed by atoms with Gasteiger partial charge in [0, 0.05) is 19.2 Å². The smallest absolute Gasteiger partial charge is 0.433 e. The van der Waals surface area contributed by atoms with Crippen molar-refractivity contribution in [2.45, 2.75) is 20.0 Å². The number of halogens is 3. The van der Waals surface area contributed by atoms with Gasteiger partial charge in [0.15, 0.2) is 7.05 Å². The van der Waals surface area contributed by atoms with Crippen molar-refractivity contribution < 1.29 is 27.3 Å². The molecule has 0 spiro atoms. The van der Waals surface area contributed by atoms with Gasteiger partial charge >= 0.3 is 12.1 Å². The number of H-pyrrole nitrogens is 1. The Morgan fingerprint density at radius 1 is 1.04 bits per heavy atom. The predicted molar refractivity (Wildman–Crippen MR) is 86.2 cm³/mol. The van der Waals surface area contributed by atoms with Gasteiger partial charge in [-0.05, 0) is 31.5 Å². The molecule has 9 heteroatoms. The number of aryl methyl sites for hydroxylation is 4. The summed E-state index contributed by atoms with van der Waals surface area (Å²) in [7, 11) is 3.02. The largest absolute Gasteiger partial charge is 0.437 e. The van der Waals surface area contributed by atoms with Gasteiger partial charge in [-0.2, -0.15) is 18.3 Å². The van der Waals surface area contributed by atoms with Crippen molar-refractivity contribution in [1.29, 1.82) is 0 Å². The van der Waals surface area contributed by atoms with Crippen LogP contribution in [0.3, 0.4) is 0 Å². The number of nitrogens with zero attached hydrogens (tertiary/aromatic N) is 3. The third-order valence-corrected chi connectivity index (χ3v) is 3.63. The van der Waals surface area contributed by atoms with Crippen LogP contribution in [-0.4, -0.2) is 14.9 Å². The van der Waals surface area contributed by atoms with Crippen molar-refractivity contribution >= 4 is 0 Å². The molecule has 0 unspecified atom stereocenters. The van der Waals surface area contributed by atoms with Crippen LogP contribution in [0.4, 0.5) is 13.2 Å². The summed E-state index contributed by atoms with van der Waals surface area (Å²) in [4.78, 5) is 0. The minimum absolute atomic E-state index is 0.139. The Morgan fingerprint density at radius 2 is 1.69 bits per heavy atom. The summed E-state index contributed by atoms with van der Waals surface area (Å²) >= 11 is 0. The van der Waals surface area contributed by atoms with E-state index in [0.29, 0.717) is 17.4 Å². The zero-order valence-electron chi connectivity index (χ0n) is 14.7. The number of ether oxygens (including phenoxy) is 2. The average molecular weight is 367 g/mol. The van der Waals surface area contributed by atoms with E-state index in [9.17, 15) is 13.2 Å². The Balaban J connectivity index is 1.85. The van der Waals surface area contributed by atoms with Crippen LogP contribution in [0.1, 0.15) is 17.0 Å². The molecule has 26 heavy (non-hydrogen) atoms. The Morgan fingerprint density at radius 3 is 2.23 bits per heavy atom. The minimum Gasteiger partial charge on any atom is -0.437 e. The molecule has 138 valence electrons. The number of nitrogens with one attached hydrogen (secondary N) is 1. The van der Waals surface area contributed by atoms with Crippen molar-refractivity contribution in [3.05, 3.63) is 47.3 Å². The van der Waals surface area contributed by atoms with E-state index in [-0.39, 0.29) is 5.88 Å². The summed E-state index contributed by atoms with van der Waals surface area (Å²) in [5.74, 6) is 1.29. The number of hydrogen-bond acceptors (Lipinski definition) is 3. The van der Waals surface area contributed by atoms with Crippen LogP contribution in [-0.2, 0) is 20.3 Å². The van der Waals surface area contributed by atoms with Crippen LogP contribution >= 0.6 is 0 Å². The Bertz CT molecular complexity index is 944. The average Bonchev–Trinajstić information content (AvgIpc) is 3.00. The van der Waals surface area contributed by atoms with E-state index >= 15 is 0 Å². The summed E-state index contributed by atoms with van der Waals surface area (Å²) in [6.07, 6.45) is -4.49. The fraction of sp³-hybridized carbons (Fsp3) is 0.294. The lowest BCUT2D eigenvalue weighted by Gasteiger charge is -2.07. The van der Waals surface area contributed by atoms with Crippen molar-refractivity contribution in [2.24, 2.45) is 14.1 Å². The minimum atomic E-state index is -4.49. The molecule has 0 aliphatic heterocycles. The molecule has 0 bridgehead atoms. The molecular formula is C17H18F3N4O2+. The molecule has 0 saturated heterocycles. The van der Waals surface area contributed by atoms with Gasteiger partial charge in [-0.15, -0.1) is 5.10 Å². The molecule has 3 aromatic rings. The third kappa shape index (κ3) is 3.81. The molecule has 2 heterocycles. The van der Waals surface area contributed by atoms with E-state index in [1.807, 2.05) is 27.0 Å². The molecule has 0 radical (unpaired) electrons. The van der Waals surface area contributed by atoms with Gasteiger partial charge in [-0.25, -0.2) is 0 Å². The predicted octanol–water partition coefficient (Wildman–Crippen LogP) is 3.79.